The minimum atomic E-state index is -0.850. The van der Waals surface area contributed by atoms with Crippen LogP contribution in [0, 0.1) is 9.39 Å². The van der Waals surface area contributed by atoms with Gasteiger partial charge in [0.25, 0.3) is 5.91 Å². The maximum atomic E-state index is 13.7. The fourth-order valence-corrected chi connectivity index (χ4v) is 2.55. The Balaban J connectivity index is 2.05. The summed E-state index contributed by atoms with van der Waals surface area (Å²) in [6.07, 6.45) is -0.850. The highest BCUT2D eigenvalue weighted by Crippen LogP contribution is 2.28. The first kappa shape index (κ1) is 17.3. The Morgan fingerprint density at radius 1 is 1.27 bits per heavy atom. The summed E-state index contributed by atoms with van der Waals surface area (Å²) in [5.41, 5.74) is 0.100. The van der Waals surface area contributed by atoms with E-state index in [1.54, 1.807) is 25.1 Å². The van der Waals surface area contributed by atoms with E-state index in [4.69, 9.17) is 27.9 Å². The van der Waals surface area contributed by atoms with Gasteiger partial charge in [0.1, 0.15) is 11.6 Å². The highest BCUT2D eigenvalue weighted by Gasteiger charge is 2.18. The molecule has 1 atom stereocenters. The van der Waals surface area contributed by atoms with Crippen molar-refractivity contribution in [1.82, 2.24) is 0 Å². The molecule has 116 valence electrons. The number of amides is 1. The van der Waals surface area contributed by atoms with Gasteiger partial charge in [0.2, 0.25) is 0 Å². The van der Waals surface area contributed by atoms with E-state index in [9.17, 15) is 9.18 Å². The van der Waals surface area contributed by atoms with Gasteiger partial charge in [-0.05, 0) is 65.9 Å². The molecule has 2 aromatic carbocycles. The lowest BCUT2D eigenvalue weighted by atomic mass is 10.2. The molecule has 0 bridgehead atoms. The molecular formula is C15H11Cl2FINO2. The average Bonchev–Trinajstić information content (AvgIpc) is 2.44. The van der Waals surface area contributed by atoms with Gasteiger partial charge in [-0.15, -0.1) is 0 Å². The highest BCUT2D eigenvalue weighted by molar-refractivity contribution is 14.1. The number of carbonyl (C=O) groups excluding carboxylic acids is 1. The molecule has 0 unspecified atom stereocenters. The molecule has 0 spiro atoms. The smallest absolute Gasteiger partial charge is 0.265 e. The predicted octanol–water partition coefficient (Wildman–Crippen LogP) is 5.14. The van der Waals surface area contributed by atoms with Crippen LogP contribution in [0.5, 0.6) is 5.75 Å². The van der Waals surface area contributed by atoms with Crippen molar-refractivity contribution < 1.29 is 13.9 Å². The third-order valence-corrected chi connectivity index (χ3v) is 3.96. The molecule has 0 heterocycles. The van der Waals surface area contributed by atoms with Crippen molar-refractivity contribution in [2.45, 2.75) is 13.0 Å². The van der Waals surface area contributed by atoms with Crippen LogP contribution in [0.2, 0.25) is 10.0 Å². The number of halogens is 4. The van der Waals surface area contributed by atoms with Crippen LogP contribution in [0.3, 0.4) is 0 Å². The van der Waals surface area contributed by atoms with Crippen molar-refractivity contribution in [2.24, 2.45) is 0 Å². The molecule has 0 aliphatic rings. The second-order valence-electron chi connectivity index (χ2n) is 4.45. The summed E-state index contributed by atoms with van der Waals surface area (Å²) < 4.78 is 19.9. The number of hydrogen-bond donors (Lipinski definition) is 1. The van der Waals surface area contributed by atoms with Crippen LogP contribution in [0.25, 0.3) is 0 Å². The second kappa shape index (κ2) is 7.48. The lowest BCUT2D eigenvalue weighted by Crippen LogP contribution is -2.30. The van der Waals surface area contributed by atoms with E-state index in [2.05, 4.69) is 5.32 Å². The molecule has 22 heavy (non-hydrogen) atoms. The molecule has 0 aromatic heterocycles. The predicted molar refractivity (Wildman–Crippen MR) is 94.3 cm³/mol. The van der Waals surface area contributed by atoms with Crippen molar-refractivity contribution in [3.05, 3.63) is 55.8 Å². The van der Waals surface area contributed by atoms with E-state index in [0.29, 0.717) is 15.8 Å². The van der Waals surface area contributed by atoms with E-state index in [0.717, 1.165) is 3.57 Å². The second-order valence-corrected chi connectivity index (χ2v) is 6.54. The average molecular weight is 454 g/mol. The lowest BCUT2D eigenvalue weighted by molar-refractivity contribution is -0.122. The van der Waals surface area contributed by atoms with Gasteiger partial charge in [-0.25, -0.2) is 4.39 Å². The monoisotopic (exact) mass is 453 g/mol. The molecule has 1 N–H and O–H groups in total. The summed E-state index contributed by atoms with van der Waals surface area (Å²) in [5, 5.41) is 3.24. The summed E-state index contributed by atoms with van der Waals surface area (Å²) in [5.74, 6) is -0.653. The van der Waals surface area contributed by atoms with E-state index in [1.807, 2.05) is 22.6 Å². The van der Waals surface area contributed by atoms with Gasteiger partial charge in [0.15, 0.2) is 6.10 Å². The van der Waals surface area contributed by atoms with Crippen LogP contribution in [0.1, 0.15) is 6.92 Å². The first-order valence-electron chi connectivity index (χ1n) is 6.24. The maximum absolute atomic E-state index is 13.7. The number of nitrogens with one attached hydrogen (secondary N) is 1. The molecule has 0 aliphatic carbocycles. The molecule has 0 saturated heterocycles. The van der Waals surface area contributed by atoms with Crippen molar-refractivity contribution in [2.75, 3.05) is 5.32 Å². The topological polar surface area (TPSA) is 38.3 Å². The summed E-state index contributed by atoms with van der Waals surface area (Å²) in [6, 6.07) is 9.21. The zero-order valence-electron chi connectivity index (χ0n) is 11.4. The lowest BCUT2D eigenvalue weighted by Gasteiger charge is -2.16. The zero-order chi connectivity index (χ0) is 16.3. The van der Waals surface area contributed by atoms with E-state index < -0.39 is 17.8 Å². The minimum absolute atomic E-state index is 0.100. The number of carbonyl (C=O) groups is 1. The van der Waals surface area contributed by atoms with Crippen LogP contribution in [0.15, 0.2) is 36.4 Å². The molecule has 3 nitrogen and oxygen atoms in total. The fourth-order valence-electron chi connectivity index (χ4n) is 1.64. The first-order chi connectivity index (χ1) is 10.4. The summed E-state index contributed by atoms with van der Waals surface area (Å²) >= 11 is 13.8. The van der Waals surface area contributed by atoms with Gasteiger partial charge in [0, 0.05) is 8.59 Å². The van der Waals surface area contributed by atoms with Crippen LogP contribution in [-0.4, -0.2) is 12.0 Å². The van der Waals surface area contributed by atoms with Crippen molar-refractivity contribution in [3.8, 4) is 5.75 Å². The molecule has 7 heteroatoms. The minimum Gasteiger partial charge on any atom is -0.479 e. The van der Waals surface area contributed by atoms with Gasteiger partial charge in [-0.3, -0.25) is 4.79 Å². The van der Waals surface area contributed by atoms with Crippen LogP contribution >= 0.6 is 45.8 Å². The zero-order valence-corrected chi connectivity index (χ0v) is 15.0. The van der Waals surface area contributed by atoms with Gasteiger partial charge >= 0.3 is 0 Å². The van der Waals surface area contributed by atoms with Crippen molar-refractivity contribution in [3.63, 3.8) is 0 Å². The number of rotatable bonds is 4. The third-order valence-electron chi connectivity index (χ3n) is 2.76. The Kier molecular flexibility index (Phi) is 5.88. The molecule has 0 aliphatic heterocycles. The maximum Gasteiger partial charge on any atom is 0.265 e. The van der Waals surface area contributed by atoms with Crippen LogP contribution < -0.4 is 10.1 Å². The summed E-state index contributed by atoms with van der Waals surface area (Å²) in [7, 11) is 0. The Hall–Kier alpha value is -1.05. The van der Waals surface area contributed by atoms with Gasteiger partial charge in [0.05, 0.1) is 10.7 Å². The molecule has 2 aromatic rings. The Morgan fingerprint density at radius 3 is 2.64 bits per heavy atom. The fraction of sp³-hybridized carbons (Fsp3) is 0.133. The quantitative estimate of drug-likeness (QED) is 0.650. The Bertz CT molecular complexity index is 712. The molecule has 1 amide bonds. The largest absolute Gasteiger partial charge is 0.479 e. The van der Waals surface area contributed by atoms with Crippen molar-refractivity contribution in [1.29, 1.82) is 0 Å². The number of benzene rings is 2. The number of ether oxygens (including phenoxy) is 1. The molecule has 0 saturated carbocycles. The summed E-state index contributed by atoms with van der Waals surface area (Å²) in [4.78, 5) is 12.1. The van der Waals surface area contributed by atoms with Gasteiger partial charge in [-0.2, -0.15) is 0 Å². The highest BCUT2D eigenvalue weighted by atomic mass is 127. The van der Waals surface area contributed by atoms with Gasteiger partial charge in [-0.1, -0.05) is 23.2 Å². The van der Waals surface area contributed by atoms with Crippen LogP contribution in [0.4, 0.5) is 10.1 Å². The third kappa shape index (κ3) is 4.47. The number of anilines is 1. The molecular weight excluding hydrogens is 443 g/mol. The normalized spacial score (nSPS) is 11.9. The SMILES string of the molecule is C[C@H](Oc1ccc(Cl)cc1Cl)C(=O)Nc1ccc(I)cc1F. The molecule has 0 radical (unpaired) electrons. The standard InChI is InChI=1S/C15H11Cl2FINO2/c1-8(22-14-5-2-9(16)6-11(14)17)15(21)20-13-4-3-10(19)7-12(13)18/h2-8H,1H3,(H,20,21)/t8-/m0/s1. The van der Waals surface area contributed by atoms with Gasteiger partial charge < -0.3 is 10.1 Å². The van der Waals surface area contributed by atoms with E-state index in [1.165, 1.54) is 18.2 Å². The Labute approximate surface area is 150 Å². The molecule has 2 rings (SSSR count). The Morgan fingerprint density at radius 2 is 2.00 bits per heavy atom. The van der Waals surface area contributed by atoms with E-state index in [-0.39, 0.29) is 5.69 Å². The van der Waals surface area contributed by atoms with Crippen molar-refractivity contribution >= 4 is 57.4 Å². The molecule has 0 fully saturated rings. The number of hydrogen-bond acceptors (Lipinski definition) is 2. The van der Waals surface area contributed by atoms with E-state index >= 15 is 0 Å². The summed E-state index contributed by atoms with van der Waals surface area (Å²) in [6.45, 7) is 1.55. The first-order valence-corrected chi connectivity index (χ1v) is 8.08. The van der Waals surface area contributed by atoms with Crippen LogP contribution in [-0.2, 0) is 4.79 Å².